The molecule has 8 atom stereocenters. The fraction of sp³-hybridized carbons (Fsp3) is 0.926. The molecule has 0 heterocycles. The molecule has 6 aliphatic rings. The van der Waals surface area contributed by atoms with Crippen LogP contribution in [0.3, 0.4) is 0 Å². The molecule has 0 aromatic carbocycles. The van der Waals surface area contributed by atoms with Crippen LogP contribution >= 0.6 is 0 Å². The molecule has 0 unspecified atom stereocenters. The smallest absolute Gasteiger partial charge is 0.546 e. The van der Waals surface area contributed by atoms with Crippen molar-refractivity contribution in [2.24, 2.45) is 46.3 Å². The molecule has 0 N–H and O–H groups in total. The SMILES string of the molecule is CO[B-](CC#C[Si](C)(C)C)(O[C@@H]1C[C@@H]2C[C@H]([C@H]1C)C2(C)C)O[C@@H]1C[C@@H]2C[C@H]([C@H]1C)C2(C)C.[Li+]. The van der Waals surface area contributed by atoms with E-state index < -0.39 is 14.8 Å². The Labute approximate surface area is 217 Å². The van der Waals surface area contributed by atoms with E-state index in [1.54, 1.807) is 7.11 Å². The Kier molecular flexibility index (Phi) is 7.88. The van der Waals surface area contributed by atoms with Gasteiger partial charge in [0.25, 0.3) is 0 Å². The number of hydrogen-bond acceptors (Lipinski definition) is 3. The number of fused-ring (bicyclic) bond motifs is 4. The molecule has 6 rings (SSSR count). The van der Waals surface area contributed by atoms with Crippen molar-refractivity contribution in [3.8, 4) is 11.5 Å². The van der Waals surface area contributed by atoms with E-state index in [1.165, 1.54) is 12.8 Å². The van der Waals surface area contributed by atoms with Crippen LogP contribution in [0.5, 0.6) is 0 Å². The van der Waals surface area contributed by atoms with E-state index >= 15 is 0 Å². The Balaban J connectivity index is 0.00000306. The summed E-state index contributed by atoms with van der Waals surface area (Å²) in [5.41, 5.74) is 4.43. The molecule has 0 spiro atoms. The normalized spacial score (nSPS) is 40.4. The van der Waals surface area contributed by atoms with Crippen LogP contribution in [0.4, 0.5) is 0 Å². The Morgan fingerprint density at radius 3 is 1.55 bits per heavy atom. The molecule has 6 saturated carbocycles. The third kappa shape index (κ3) is 4.97. The fourth-order valence-electron chi connectivity index (χ4n) is 7.86. The van der Waals surface area contributed by atoms with Crippen LogP contribution in [0.25, 0.3) is 0 Å². The second-order valence-electron chi connectivity index (χ2n) is 14.0. The van der Waals surface area contributed by atoms with Gasteiger partial charge in [-0.1, -0.05) is 61.2 Å². The van der Waals surface area contributed by atoms with Gasteiger partial charge in [-0.2, -0.15) is 0 Å². The van der Waals surface area contributed by atoms with Crippen molar-refractivity contribution in [1.82, 2.24) is 0 Å². The molecule has 0 aromatic heterocycles. The first-order valence-electron chi connectivity index (χ1n) is 13.3. The number of rotatable bonds is 6. The summed E-state index contributed by atoms with van der Waals surface area (Å²) in [4.78, 5) is 0. The summed E-state index contributed by atoms with van der Waals surface area (Å²) in [5.74, 6) is 7.55. The molecule has 4 bridgehead atoms. The zero-order valence-electron chi connectivity index (χ0n) is 23.5. The molecule has 0 aliphatic heterocycles. The molecule has 0 amide bonds. The van der Waals surface area contributed by atoms with E-state index in [4.69, 9.17) is 14.0 Å². The predicted molar refractivity (Wildman–Crippen MR) is 137 cm³/mol. The van der Waals surface area contributed by atoms with Crippen LogP contribution < -0.4 is 18.9 Å². The summed E-state index contributed by atoms with van der Waals surface area (Å²) in [6.45, 7) is 19.6. The van der Waals surface area contributed by atoms with Gasteiger partial charge in [0.2, 0.25) is 0 Å². The molecular weight excluding hydrogens is 418 g/mol. The monoisotopic (exact) mass is 466 g/mol. The predicted octanol–water partition coefficient (Wildman–Crippen LogP) is 3.63. The summed E-state index contributed by atoms with van der Waals surface area (Å²) in [6.07, 6.45) is 5.95. The van der Waals surface area contributed by atoms with Gasteiger partial charge in [-0.3, -0.25) is 0 Å². The Bertz CT molecular complexity index is 738. The van der Waals surface area contributed by atoms with Crippen molar-refractivity contribution in [2.75, 3.05) is 7.11 Å². The first-order valence-corrected chi connectivity index (χ1v) is 16.8. The topological polar surface area (TPSA) is 27.7 Å². The molecule has 3 nitrogen and oxygen atoms in total. The molecule has 0 radical (unpaired) electrons. The third-order valence-corrected chi connectivity index (χ3v) is 11.4. The third-order valence-electron chi connectivity index (χ3n) is 10.5. The van der Waals surface area contributed by atoms with Crippen LogP contribution in [-0.2, 0) is 14.0 Å². The van der Waals surface area contributed by atoms with E-state index in [0.717, 1.165) is 36.5 Å². The fourth-order valence-corrected chi connectivity index (χ4v) is 8.49. The largest absolute Gasteiger partial charge is 1.00 e. The van der Waals surface area contributed by atoms with Crippen LogP contribution in [0.2, 0.25) is 26.0 Å². The van der Waals surface area contributed by atoms with Crippen molar-refractivity contribution in [3.63, 3.8) is 0 Å². The van der Waals surface area contributed by atoms with Crippen LogP contribution in [-0.4, -0.2) is 34.1 Å². The van der Waals surface area contributed by atoms with Gasteiger partial charge in [-0.25, -0.2) is 0 Å². The molecule has 33 heavy (non-hydrogen) atoms. The Morgan fingerprint density at radius 1 is 0.818 bits per heavy atom. The van der Waals surface area contributed by atoms with Gasteiger partial charge < -0.3 is 14.0 Å². The van der Waals surface area contributed by atoms with Crippen LogP contribution in [0.1, 0.15) is 67.2 Å². The van der Waals surface area contributed by atoms with Crippen molar-refractivity contribution in [1.29, 1.82) is 0 Å². The van der Waals surface area contributed by atoms with E-state index in [0.29, 0.717) is 29.0 Å². The Hall–Kier alpha value is 0.319. The average Bonchev–Trinajstić information content (AvgIpc) is 2.68. The Morgan fingerprint density at radius 2 is 1.24 bits per heavy atom. The minimum absolute atomic E-state index is 0. The van der Waals surface area contributed by atoms with Gasteiger partial charge in [0.05, 0.1) is 0 Å². The van der Waals surface area contributed by atoms with Gasteiger partial charge in [0.1, 0.15) is 8.07 Å². The first kappa shape index (κ1) is 27.9. The minimum Gasteiger partial charge on any atom is -0.546 e. The van der Waals surface area contributed by atoms with E-state index in [1.807, 2.05) is 0 Å². The first-order chi connectivity index (χ1) is 14.7. The second-order valence-corrected chi connectivity index (χ2v) is 18.8. The molecule has 6 aliphatic carbocycles. The van der Waals surface area contributed by atoms with Gasteiger partial charge >= 0.3 is 25.6 Å². The second kappa shape index (κ2) is 9.32. The van der Waals surface area contributed by atoms with E-state index in [-0.39, 0.29) is 31.1 Å². The zero-order valence-corrected chi connectivity index (χ0v) is 24.5. The van der Waals surface area contributed by atoms with Gasteiger partial charge in [0, 0.05) is 12.2 Å². The van der Waals surface area contributed by atoms with Gasteiger partial charge in [-0.05, 0) is 85.5 Å². The van der Waals surface area contributed by atoms with Crippen LogP contribution in [0, 0.1) is 57.8 Å². The van der Waals surface area contributed by atoms with Crippen molar-refractivity contribution < 1.29 is 32.8 Å². The summed E-state index contributed by atoms with van der Waals surface area (Å²) < 4.78 is 20.1. The maximum Gasteiger partial charge on any atom is 1.00 e. The molecule has 182 valence electrons. The standard InChI is InChI=1S/C27H48BO3Si.Li/c1-18-22-14-20(26(22,3)4)16-24(18)30-28(29-7,12-11-13-32(8,9)10)31-25-17-21-15-23(19(25)2)27(21,5)6;/h18-25H,12,14-17H2,1-10H3;/q-1;+1/t18-,19-,20+,21+,22-,23-,24-,25-;/m1./s1. The summed E-state index contributed by atoms with van der Waals surface area (Å²) in [7, 11) is 0.319. The van der Waals surface area contributed by atoms with E-state index in [2.05, 4.69) is 72.6 Å². The maximum absolute atomic E-state index is 6.93. The van der Waals surface area contributed by atoms with E-state index in [9.17, 15) is 0 Å². The average molecular weight is 467 g/mol. The zero-order chi connectivity index (χ0) is 23.7. The molecule has 0 saturated heterocycles. The maximum atomic E-state index is 6.93. The minimum atomic E-state index is -1.88. The summed E-state index contributed by atoms with van der Waals surface area (Å²) in [5, 5.41) is 0. The van der Waals surface area contributed by atoms with Gasteiger partial charge in [-0.15, -0.1) is 11.5 Å². The summed E-state index contributed by atoms with van der Waals surface area (Å²) >= 11 is 0. The molecule has 6 heteroatoms. The molecule has 6 fully saturated rings. The van der Waals surface area contributed by atoms with Crippen molar-refractivity contribution in [3.05, 3.63) is 0 Å². The number of hydrogen-bond donors (Lipinski definition) is 0. The van der Waals surface area contributed by atoms with Crippen molar-refractivity contribution >= 4 is 14.8 Å². The molecule has 0 aromatic rings. The van der Waals surface area contributed by atoms with Gasteiger partial charge in [0.15, 0.2) is 0 Å². The molecular formula is C27H48BLiO3Si. The quantitative estimate of drug-likeness (QED) is 0.442. The van der Waals surface area contributed by atoms with Crippen LogP contribution in [0.15, 0.2) is 0 Å². The van der Waals surface area contributed by atoms with Crippen molar-refractivity contribution in [2.45, 2.75) is 105 Å². The summed E-state index contributed by atoms with van der Waals surface area (Å²) in [6, 6.07) is 0.